The molecular formula is C15H21N3O3. The first-order chi connectivity index (χ1) is 10.2. The van der Waals surface area contributed by atoms with Crippen molar-refractivity contribution in [2.75, 3.05) is 26.2 Å². The Morgan fingerprint density at radius 3 is 2.86 bits per heavy atom. The molecule has 2 N–H and O–H groups in total. The first-order valence-electron chi connectivity index (χ1n) is 7.11. The molecule has 0 bridgehead atoms. The maximum absolute atomic E-state index is 12.0. The van der Waals surface area contributed by atoms with E-state index in [1.807, 2.05) is 37.3 Å². The van der Waals surface area contributed by atoms with E-state index < -0.39 is 6.09 Å². The third kappa shape index (κ3) is 4.75. The van der Waals surface area contributed by atoms with Gasteiger partial charge in [-0.25, -0.2) is 4.79 Å². The average molecular weight is 291 g/mol. The van der Waals surface area contributed by atoms with Gasteiger partial charge in [0.25, 0.3) is 0 Å². The number of ether oxygens (including phenoxy) is 1. The normalized spacial score (nSPS) is 18.1. The Morgan fingerprint density at radius 2 is 2.14 bits per heavy atom. The van der Waals surface area contributed by atoms with Crippen molar-refractivity contribution >= 4 is 12.0 Å². The van der Waals surface area contributed by atoms with Gasteiger partial charge in [0.15, 0.2) is 0 Å². The van der Waals surface area contributed by atoms with Crippen molar-refractivity contribution in [1.29, 1.82) is 0 Å². The van der Waals surface area contributed by atoms with Gasteiger partial charge in [0.2, 0.25) is 5.91 Å². The number of alkyl carbamates (subject to hydrolysis) is 1. The van der Waals surface area contributed by atoms with Crippen LogP contribution in [0, 0.1) is 0 Å². The molecule has 1 heterocycles. The minimum Gasteiger partial charge on any atom is -0.445 e. The van der Waals surface area contributed by atoms with Gasteiger partial charge in [-0.15, -0.1) is 0 Å². The van der Waals surface area contributed by atoms with Crippen LogP contribution in [0.5, 0.6) is 0 Å². The van der Waals surface area contributed by atoms with Gasteiger partial charge < -0.3 is 20.3 Å². The summed E-state index contributed by atoms with van der Waals surface area (Å²) in [5, 5.41) is 5.71. The largest absolute Gasteiger partial charge is 0.445 e. The van der Waals surface area contributed by atoms with E-state index in [-0.39, 0.29) is 25.1 Å². The van der Waals surface area contributed by atoms with Crippen molar-refractivity contribution in [2.45, 2.75) is 19.6 Å². The Kier molecular flexibility index (Phi) is 5.57. The average Bonchev–Trinajstić information content (AvgIpc) is 2.52. The van der Waals surface area contributed by atoms with Gasteiger partial charge in [0.1, 0.15) is 13.2 Å². The SMILES string of the molecule is C[C@H]1CNCCN1C(=O)CNC(=O)OCc1ccccc1. The van der Waals surface area contributed by atoms with Gasteiger partial charge in [-0.3, -0.25) is 4.79 Å². The predicted octanol–water partition coefficient (Wildman–Crippen LogP) is 0.733. The molecule has 114 valence electrons. The fraction of sp³-hybridized carbons (Fsp3) is 0.467. The molecule has 0 spiro atoms. The Balaban J connectivity index is 1.69. The summed E-state index contributed by atoms with van der Waals surface area (Å²) >= 11 is 0. The number of nitrogens with zero attached hydrogens (tertiary/aromatic N) is 1. The lowest BCUT2D eigenvalue weighted by atomic mass is 10.2. The number of benzene rings is 1. The molecule has 1 saturated heterocycles. The lowest BCUT2D eigenvalue weighted by Crippen LogP contribution is -2.54. The molecule has 0 radical (unpaired) electrons. The van der Waals surface area contributed by atoms with E-state index in [2.05, 4.69) is 10.6 Å². The number of nitrogens with one attached hydrogen (secondary N) is 2. The van der Waals surface area contributed by atoms with E-state index in [0.29, 0.717) is 6.54 Å². The summed E-state index contributed by atoms with van der Waals surface area (Å²) in [6.07, 6.45) is -0.574. The van der Waals surface area contributed by atoms with Gasteiger partial charge in [-0.1, -0.05) is 30.3 Å². The number of hydrogen-bond donors (Lipinski definition) is 2. The van der Waals surface area contributed by atoms with Gasteiger partial charge in [0, 0.05) is 25.7 Å². The molecule has 2 rings (SSSR count). The van der Waals surface area contributed by atoms with Crippen LogP contribution in [0.15, 0.2) is 30.3 Å². The molecule has 6 nitrogen and oxygen atoms in total. The standard InChI is InChI=1S/C15H21N3O3/c1-12-9-16-7-8-18(12)14(19)10-17-15(20)21-11-13-5-3-2-4-6-13/h2-6,12,16H,7-11H2,1H3,(H,17,20)/t12-/m0/s1. The van der Waals surface area contributed by atoms with Crippen molar-refractivity contribution in [2.24, 2.45) is 0 Å². The molecule has 21 heavy (non-hydrogen) atoms. The molecule has 1 aromatic rings. The summed E-state index contributed by atoms with van der Waals surface area (Å²) in [4.78, 5) is 25.4. The van der Waals surface area contributed by atoms with Crippen LogP contribution in [0.3, 0.4) is 0 Å². The molecule has 1 aromatic carbocycles. The van der Waals surface area contributed by atoms with Crippen LogP contribution >= 0.6 is 0 Å². The highest BCUT2D eigenvalue weighted by Crippen LogP contribution is 2.03. The minimum absolute atomic E-state index is 0.0298. The second-order valence-corrected chi connectivity index (χ2v) is 5.06. The zero-order chi connectivity index (χ0) is 15.1. The van der Waals surface area contributed by atoms with Gasteiger partial charge in [-0.05, 0) is 12.5 Å². The van der Waals surface area contributed by atoms with Crippen LogP contribution in [0.25, 0.3) is 0 Å². The highest BCUT2D eigenvalue weighted by atomic mass is 16.5. The zero-order valence-corrected chi connectivity index (χ0v) is 12.2. The van der Waals surface area contributed by atoms with Crippen LogP contribution in [-0.2, 0) is 16.1 Å². The lowest BCUT2D eigenvalue weighted by Gasteiger charge is -2.33. The molecule has 0 aliphatic carbocycles. The lowest BCUT2D eigenvalue weighted by molar-refractivity contribution is -0.132. The van der Waals surface area contributed by atoms with E-state index >= 15 is 0 Å². The highest BCUT2D eigenvalue weighted by molar-refractivity contribution is 5.82. The van der Waals surface area contributed by atoms with Gasteiger partial charge >= 0.3 is 6.09 Å². The molecule has 0 aromatic heterocycles. The predicted molar refractivity (Wildman–Crippen MR) is 78.7 cm³/mol. The van der Waals surface area contributed by atoms with E-state index in [1.165, 1.54) is 0 Å². The fourth-order valence-electron chi connectivity index (χ4n) is 2.24. The third-order valence-corrected chi connectivity index (χ3v) is 3.42. The quantitative estimate of drug-likeness (QED) is 0.858. The number of rotatable bonds is 4. The summed E-state index contributed by atoms with van der Waals surface area (Å²) in [6.45, 7) is 4.39. The molecule has 1 fully saturated rings. The van der Waals surface area contributed by atoms with Crippen molar-refractivity contribution in [3.8, 4) is 0 Å². The van der Waals surface area contributed by atoms with Crippen LogP contribution in [0.2, 0.25) is 0 Å². The monoisotopic (exact) mass is 291 g/mol. The summed E-state index contributed by atoms with van der Waals surface area (Å²) in [7, 11) is 0. The highest BCUT2D eigenvalue weighted by Gasteiger charge is 2.22. The number of carbonyl (C=O) groups excluding carboxylic acids is 2. The topological polar surface area (TPSA) is 70.7 Å². The van der Waals surface area contributed by atoms with E-state index in [9.17, 15) is 9.59 Å². The third-order valence-electron chi connectivity index (χ3n) is 3.42. The van der Waals surface area contributed by atoms with Crippen LogP contribution in [-0.4, -0.2) is 49.1 Å². The van der Waals surface area contributed by atoms with Crippen molar-refractivity contribution in [1.82, 2.24) is 15.5 Å². The van der Waals surface area contributed by atoms with E-state index in [0.717, 1.165) is 18.7 Å². The molecule has 1 aliphatic heterocycles. The van der Waals surface area contributed by atoms with Crippen molar-refractivity contribution < 1.29 is 14.3 Å². The summed E-state index contributed by atoms with van der Waals surface area (Å²) in [5.41, 5.74) is 0.912. The van der Waals surface area contributed by atoms with Crippen LogP contribution in [0.4, 0.5) is 4.79 Å². The Bertz CT molecular complexity index is 478. The Hall–Kier alpha value is -2.08. The zero-order valence-electron chi connectivity index (χ0n) is 12.2. The number of carbonyl (C=O) groups is 2. The second-order valence-electron chi connectivity index (χ2n) is 5.06. The van der Waals surface area contributed by atoms with Crippen molar-refractivity contribution in [3.63, 3.8) is 0 Å². The summed E-state index contributed by atoms with van der Waals surface area (Å²) < 4.78 is 5.06. The molecule has 0 saturated carbocycles. The second kappa shape index (κ2) is 7.64. The maximum atomic E-state index is 12.0. The number of amides is 2. The molecule has 0 unspecified atom stereocenters. The number of piperazine rings is 1. The first-order valence-corrected chi connectivity index (χ1v) is 7.11. The molecule has 6 heteroatoms. The fourth-order valence-corrected chi connectivity index (χ4v) is 2.24. The van der Waals surface area contributed by atoms with Crippen LogP contribution in [0.1, 0.15) is 12.5 Å². The molecular weight excluding hydrogens is 270 g/mol. The van der Waals surface area contributed by atoms with E-state index in [4.69, 9.17) is 4.74 Å². The van der Waals surface area contributed by atoms with Gasteiger partial charge in [-0.2, -0.15) is 0 Å². The van der Waals surface area contributed by atoms with Crippen LogP contribution < -0.4 is 10.6 Å². The molecule has 2 amide bonds. The smallest absolute Gasteiger partial charge is 0.407 e. The maximum Gasteiger partial charge on any atom is 0.407 e. The Labute approximate surface area is 124 Å². The molecule has 1 aliphatic rings. The minimum atomic E-state index is -0.574. The van der Waals surface area contributed by atoms with E-state index in [1.54, 1.807) is 4.90 Å². The van der Waals surface area contributed by atoms with Crippen molar-refractivity contribution in [3.05, 3.63) is 35.9 Å². The summed E-state index contributed by atoms with van der Waals surface area (Å²) in [6, 6.07) is 9.56. The first kappa shape index (κ1) is 15.3. The summed E-state index contributed by atoms with van der Waals surface area (Å²) in [5.74, 6) is -0.0827. The Morgan fingerprint density at radius 1 is 1.38 bits per heavy atom. The number of hydrogen-bond acceptors (Lipinski definition) is 4. The van der Waals surface area contributed by atoms with Gasteiger partial charge in [0.05, 0.1) is 0 Å². The molecule has 1 atom stereocenters.